The third kappa shape index (κ3) is 2.19. The maximum absolute atomic E-state index is 12.4. The number of benzene rings is 1. The van der Waals surface area contributed by atoms with E-state index in [-0.39, 0.29) is 27.7 Å². The molecule has 2 aliphatic rings. The molecule has 3 rings (SSSR count). The first-order valence-corrected chi connectivity index (χ1v) is 7.90. The maximum Gasteiger partial charge on any atom is 0.173 e. The van der Waals surface area contributed by atoms with Gasteiger partial charge in [0.05, 0.1) is 4.48 Å². The molecule has 0 amide bonds. The fraction of sp³-hybridized carbons (Fsp3) is 0.400. The van der Waals surface area contributed by atoms with Gasteiger partial charge in [-0.1, -0.05) is 28.1 Å². The van der Waals surface area contributed by atoms with Crippen molar-refractivity contribution in [3.8, 4) is 5.75 Å². The van der Waals surface area contributed by atoms with Crippen LogP contribution in [0.2, 0.25) is 0 Å². The molecule has 0 heterocycles. The summed E-state index contributed by atoms with van der Waals surface area (Å²) in [6, 6.07) is 7.10. The van der Waals surface area contributed by atoms with Gasteiger partial charge in [0.2, 0.25) is 0 Å². The topological polar surface area (TPSA) is 37.3 Å². The van der Waals surface area contributed by atoms with E-state index in [0.29, 0.717) is 0 Å². The van der Waals surface area contributed by atoms with Gasteiger partial charge in [-0.15, -0.1) is 0 Å². The van der Waals surface area contributed by atoms with Gasteiger partial charge in [0.1, 0.15) is 5.75 Å². The number of alkyl halides is 1. The van der Waals surface area contributed by atoms with Crippen LogP contribution in [0.4, 0.5) is 0 Å². The summed E-state index contributed by atoms with van der Waals surface area (Å²) >= 11 is 7.20. The highest BCUT2D eigenvalue weighted by atomic mass is 79.9. The van der Waals surface area contributed by atoms with Crippen LogP contribution in [0.5, 0.6) is 5.75 Å². The van der Waals surface area contributed by atoms with E-state index in [1.807, 2.05) is 12.1 Å². The van der Waals surface area contributed by atoms with Crippen LogP contribution in [-0.2, 0) is 4.79 Å². The van der Waals surface area contributed by atoms with Crippen LogP contribution in [0.25, 0.3) is 5.57 Å². The molecule has 2 nitrogen and oxygen atoms in total. The smallest absolute Gasteiger partial charge is 0.173 e. The summed E-state index contributed by atoms with van der Waals surface area (Å²) in [6.07, 6.45) is 1.85. The third-order valence-corrected chi connectivity index (χ3v) is 5.58. The minimum atomic E-state index is 0.0495. The molecule has 0 saturated heterocycles. The monoisotopic (exact) mass is 384 g/mol. The zero-order chi connectivity index (χ0) is 13.8. The molecule has 1 aromatic carbocycles. The Kier molecular flexibility index (Phi) is 3.13. The number of carbonyl (C=O) groups is 1. The molecule has 1 N–H and O–H groups in total. The zero-order valence-electron chi connectivity index (χ0n) is 10.5. The fourth-order valence-corrected chi connectivity index (χ4v) is 4.82. The normalized spacial score (nSPS) is 33.9. The van der Waals surface area contributed by atoms with Crippen LogP contribution in [0.3, 0.4) is 0 Å². The van der Waals surface area contributed by atoms with Gasteiger partial charge in [-0.2, -0.15) is 0 Å². The number of hydrogen-bond acceptors (Lipinski definition) is 2. The number of hydrogen-bond donors (Lipinski definition) is 1. The minimum Gasteiger partial charge on any atom is -0.508 e. The highest BCUT2D eigenvalue weighted by Crippen LogP contribution is 2.56. The van der Waals surface area contributed by atoms with Crippen molar-refractivity contribution in [2.24, 2.45) is 11.8 Å². The molecule has 2 aliphatic carbocycles. The highest BCUT2D eigenvalue weighted by Gasteiger charge is 2.51. The summed E-state index contributed by atoms with van der Waals surface area (Å²) < 4.78 is 0.768. The molecule has 3 unspecified atom stereocenters. The van der Waals surface area contributed by atoms with Crippen molar-refractivity contribution in [1.29, 1.82) is 0 Å². The second kappa shape index (κ2) is 4.45. The average Bonchev–Trinajstić information content (AvgIpc) is 2.76. The number of Topliss-reactive ketones (excluding diaryl/α,β-unsaturated/α-hetero) is 1. The van der Waals surface area contributed by atoms with Crippen LogP contribution in [-0.4, -0.2) is 15.2 Å². The van der Waals surface area contributed by atoms with E-state index >= 15 is 0 Å². The standard InChI is InChI=1S/C15H14Br2O2/c1-15(17)6-10-11(7-15)14(19)13(16)12(10)8-2-4-9(18)5-3-8/h2-5,10-11,18H,6-7H2,1H3. The SMILES string of the molecule is CC1(Br)CC2C(=O)C(Br)=C(c3ccc(O)cc3)C2C1. The average molecular weight is 386 g/mol. The largest absolute Gasteiger partial charge is 0.508 e. The number of phenols is 1. The molecule has 1 aromatic rings. The quantitative estimate of drug-likeness (QED) is 0.733. The summed E-state index contributed by atoms with van der Waals surface area (Å²) in [6.45, 7) is 2.15. The van der Waals surface area contributed by atoms with Crippen LogP contribution in [0.1, 0.15) is 25.3 Å². The summed E-state index contributed by atoms with van der Waals surface area (Å²) in [5, 5.41) is 9.39. The molecule has 1 saturated carbocycles. The van der Waals surface area contributed by atoms with E-state index in [2.05, 4.69) is 38.8 Å². The Labute approximate surface area is 129 Å². The Morgan fingerprint density at radius 3 is 2.42 bits per heavy atom. The minimum absolute atomic E-state index is 0.0495. The first-order chi connectivity index (χ1) is 8.89. The first kappa shape index (κ1) is 13.4. The number of rotatable bonds is 1. The molecule has 0 bridgehead atoms. The van der Waals surface area contributed by atoms with Crippen molar-refractivity contribution >= 4 is 43.2 Å². The lowest BCUT2D eigenvalue weighted by Crippen LogP contribution is -2.14. The molecule has 19 heavy (non-hydrogen) atoms. The van der Waals surface area contributed by atoms with E-state index < -0.39 is 0 Å². The van der Waals surface area contributed by atoms with Crippen LogP contribution < -0.4 is 0 Å². The van der Waals surface area contributed by atoms with Crippen molar-refractivity contribution in [2.75, 3.05) is 0 Å². The van der Waals surface area contributed by atoms with Gasteiger partial charge in [-0.25, -0.2) is 0 Å². The molecule has 3 atom stereocenters. The van der Waals surface area contributed by atoms with Crippen molar-refractivity contribution in [2.45, 2.75) is 24.1 Å². The van der Waals surface area contributed by atoms with Crippen molar-refractivity contribution in [3.63, 3.8) is 0 Å². The second-order valence-corrected chi connectivity index (χ2v) is 8.38. The summed E-state index contributed by atoms with van der Waals surface area (Å²) in [5.74, 6) is 0.827. The molecule has 1 fully saturated rings. The van der Waals surface area contributed by atoms with E-state index in [4.69, 9.17) is 0 Å². The van der Waals surface area contributed by atoms with Crippen molar-refractivity contribution in [3.05, 3.63) is 34.3 Å². The van der Waals surface area contributed by atoms with E-state index in [1.54, 1.807) is 12.1 Å². The summed E-state index contributed by atoms with van der Waals surface area (Å²) in [4.78, 5) is 12.4. The number of ketones is 1. The lowest BCUT2D eigenvalue weighted by Gasteiger charge is -2.17. The van der Waals surface area contributed by atoms with Gasteiger partial charge in [-0.3, -0.25) is 4.79 Å². The summed E-state index contributed by atoms with van der Waals surface area (Å²) in [7, 11) is 0. The molecule has 0 aromatic heterocycles. The van der Waals surface area contributed by atoms with E-state index in [0.717, 1.165) is 28.5 Å². The number of fused-ring (bicyclic) bond motifs is 1. The Balaban J connectivity index is 2.05. The van der Waals surface area contributed by atoms with Gasteiger partial charge in [-0.05, 0) is 64.9 Å². The fourth-order valence-electron chi connectivity index (χ4n) is 3.30. The van der Waals surface area contributed by atoms with Gasteiger partial charge in [0.15, 0.2) is 5.78 Å². The first-order valence-electron chi connectivity index (χ1n) is 6.31. The van der Waals surface area contributed by atoms with Gasteiger partial charge >= 0.3 is 0 Å². The third-order valence-electron chi connectivity index (χ3n) is 4.12. The van der Waals surface area contributed by atoms with Crippen LogP contribution in [0.15, 0.2) is 28.7 Å². The van der Waals surface area contributed by atoms with Gasteiger partial charge in [0.25, 0.3) is 0 Å². The van der Waals surface area contributed by atoms with Crippen LogP contribution in [0, 0.1) is 11.8 Å². The number of allylic oxidation sites excluding steroid dienone is 2. The predicted molar refractivity (Wildman–Crippen MR) is 82.5 cm³/mol. The molecule has 0 radical (unpaired) electrons. The highest BCUT2D eigenvalue weighted by molar-refractivity contribution is 9.12. The van der Waals surface area contributed by atoms with Gasteiger partial charge in [0, 0.05) is 10.2 Å². The second-order valence-electron chi connectivity index (χ2n) is 5.67. The molecular weight excluding hydrogens is 372 g/mol. The van der Waals surface area contributed by atoms with Gasteiger partial charge < -0.3 is 5.11 Å². The molecule has 100 valence electrons. The molecule has 0 aliphatic heterocycles. The predicted octanol–water partition coefficient (Wildman–Crippen LogP) is 4.26. The maximum atomic E-state index is 12.4. The zero-order valence-corrected chi connectivity index (χ0v) is 13.7. The Morgan fingerprint density at radius 2 is 1.79 bits per heavy atom. The Hall–Kier alpha value is -0.610. The van der Waals surface area contributed by atoms with Crippen molar-refractivity contribution < 1.29 is 9.90 Å². The van der Waals surface area contributed by atoms with Crippen LogP contribution >= 0.6 is 31.9 Å². The number of aromatic hydroxyl groups is 1. The Morgan fingerprint density at radius 1 is 1.21 bits per heavy atom. The molecule has 0 spiro atoms. The van der Waals surface area contributed by atoms with E-state index in [1.165, 1.54) is 0 Å². The Bertz CT molecular complexity index is 572. The molecule has 4 heteroatoms. The summed E-state index contributed by atoms with van der Waals surface area (Å²) in [5.41, 5.74) is 2.12. The lowest BCUT2D eigenvalue weighted by molar-refractivity contribution is -0.118. The lowest BCUT2D eigenvalue weighted by atomic mass is 9.90. The molecular formula is C15H14Br2O2. The number of carbonyl (C=O) groups excluding carboxylic acids is 1. The van der Waals surface area contributed by atoms with E-state index in [9.17, 15) is 9.90 Å². The number of phenolic OH excluding ortho intramolecular Hbond substituents is 1. The number of halogens is 2. The van der Waals surface area contributed by atoms with Crippen molar-refractivity contribution in [1.82, 2.24) is 0 Å².